The first-order valence-electron chi connectivity index (χ1n) is 26.5. The second kappa shape index (κ2) is 21.7. The predicted molar refractivity (Wildman–Crippen MR) is 333 cm³/mol. The molecule has 0 aliphatic rings. The average molecular weight is 1020 g/mol. The van der Waals surface area contributed by atoms with Gasteiger partial charge in [0.05, 0.1) is 0 Å². The standard InChI is InChI=1S/C74H53N3S/c1-5-15-63(16-6-1)75(64-17-7-2-8-18-64)67-43-33-58(34-44-67)54-25-29-56(30-26-54)60-37-47-69(48-38-60)77(71-51-41-62(42-52-71)73-53-78-74-24-14-13-23-72(73)74)70-49-39-61(40-50-70)57-31-27-55(28-32-57)59-35-45-68(46-36-59)76(65-19-9-3-10-20-65)66-21-11-4-12-22-66/h1-53H. The lowest BCUT2D eigenvalue weighted by Gasteiger charge is -2.26. The van der Waals surface area contributed by atoms with Gasteiger partial charge in [-0.25, -0.2) is 0 Å². The molecule has 0 aliphatic heterocycles. The third kappa shape index (κ3) is 9.88. The van der Waals surface area contributed by atoms with Crippen LogP contribution in [0, 0.1) is 0 Å². The molecule has 0 atom stereocenters. The Morgan fingerprint density at radius 3 is 0.654 bits per heavy atom. The number of fused-ring (bicyclic) bond motifs is 1. The monoisotopic (exact) mass is 1020 g/mol. The van der Waals surface area contributed by atoms with E-state index < -0.39 is 0 Å². The van der Waals surface area contributed by atoms with E-state index in [0.29, 0.717) is 0 Å². The third-order valence-electron chi connectivity index (χ3n) is 14.6. The molecule has 13 rings (SSSR count). The summed E-state index contributed by atoms with van der Waals surface area (Å²) in [5.41, 5.74) is 21.9. The van der Waals surface area contributed by atoms with Crippen LogP contribution in [0.15, 0.2) is 321 Å². The lowest BCUT2D eigenvalue weighted by molar-refractivity contribution is 1.28. The zero-order valence-corrected chi connectivity index (χ0v) is 43.7. The van der Waals surface area contributed by atoms with Gasteiger partial charge in [0.2, 0.25) is 0 Å². The Kier molecular flexibility index (Phi) is 13.3. The van der Waals surface area contributed by atoms with E-state index in [-0.39, 0.29) is 0 Å². The Bertz CT molecular complexity index is 3760. The summed E-state index contributed by atoms with van der Waals surface area (Å²) < 4.78 is 1.30. The van der Waals surface area contributed by atoms with Crippen LogP contribution >= 0.6 is 11.3 Å². The zero-order chi connectivity index (χ0) is 52.0. The maximum absolute atomic E-state index is 2.36. The highest BCUT2D eigenvalue weighted by Crippen LogP contribution is 2.42. The van der Waals surface area contributed by atoms with E-state index >= 15 is 0 Å². The number of rotatable bonds is 14. The summed E-state index contributed by atoms with van der Waals surface area (Å²) in [6, 6.07) is 113. The van der Waals surface area contributed by atoms with Crippen molar-refractivity contribution >= 4 is 72.6 Å². The molecule has 12 aromatic carbocycles. The van der Waals surface area contributed by atoms with Crippen LogP contribution in [0.3, 0.4) is 0 Å². The number of nitrogens with zero attached hydrogens (tertiary/aromatic N) is 3. The first kappa shape index (κ1) is 47.7. The van der Waals surface area contributed by atoms with E-state index in [2.05, 4.69) is 336 Å². The molecule has 0 bridgehead atoms. The van der Waals surface area contributed by atoms with Crippen molar-refractivity contribution < 1.29 is 0 Å². The van der Waals surface area contributed by atoms with Gasteiger partial charge in [0.1, 0.15) is 0 Å². The van der Waals surface area contributed by atoms with Gasteiger partial charge in [0, 0.05) is 66.8 Å². The van der Waals surface area contributed by atoms with Crippen molar-refractivity contribution in [3.8, 4) is 55.6 Å². The Hall–Kier alpha value is -10.0. The second-order valence-corrected chi connectivity index (χ2v) is 20.3. The molecule has 3 nitrogen and oxygen atoms in total. The van der Waals surface area contributed by atoms with Crippen LogP contribution < -0.4 is 14.7 Å². The van der Waals surface area contributed by atoms with Gasteiger partial charge in [0.15, 0.2) is 0 Å². The second-order valence-electron chi connectivity index (χ2n) is 19.4. The minimum Gasteiger partial charge on any atom is -0.311 e. The highest BCUT2D eigenvalue weighted by molar-refractivity contribution is 7.17. The molecule has 13 aromatic rings. The van der Waals surface area contributed by atoms with Crippen molar-refractivity contribution in [2.75, 3.05) is 14.7 Å². The number of hydrogen-bond donors (Lipinski definition) is 0. The molecule has 1 heterocycles. The normalized spacial score (nSPS) is 11.1. The van der Waals surface area contributed by atoms with Crippen molar-refractivity contribution in [2.45, 2.75) is 0 Å². The summed E-state index contributed by atoms with van der Waals surface area (Å²) in [5, 5.41) is 3.57. The quantitative estimate of drug-likeness (QED) is 0.107. The predicted octanol–water partition coefficient (Wildman–Crippen LogP) is 21.6. The number of anilines is 9. The fraction of sp³-hybridized carbons (Fsp3) is 0. The van der Waals surface area contributed by atoms with Crippen LogP contribution in [0.5, 0.6) is 0 Å². The van der Waals surface area contributed by atoms with Crippen molar-refractivity contribution in [2.24, 2.45) is 0 Å². The van der Waals surface area contributed by atoms with Crippen molar-refractivity contribution in [3.63, 3.8) is 0 Å². The summed E-state index contributed by atoms with van der Waals surface area (Å²) >= 11 is 1.80. The van der Waals surface area contributed by atoms with Crippen LogP contribution in [0.25, 0.3) is 65.7 Å². The van der Waals surface area contributed by atoms with Crippen LogP contribution in [-0.4, -0.2) is 0 Å². The van der Waals surface area contributed by atoms with Crippen LogP contribution in [0.1, 0.15) is 0 Å². The molecule has 0 saturated heterocycles. The molecule has 4 heteroatoms. The molecule has 1 aromatic heterocycles. The molecular formula is C74H53N3S. The largest absolute Gasteiger partial charge is 0.311 e. The summed E-state index contributed by atoms with van der Waals surface area (Å²) in [6.07, 6.45) is 0. The van der Waals surface area contributed by atoms with E-state index in [4.69, 9.17) is 0 Å². The van der Waals surface area contributed by atoms with Gasteiger partial charge in [-0.05, 0) is 171 Å². The van der Waals surface area contributed by atoms with Gasteiger partial charge in [-0.1, -0.05) is 200 Å². The molecule has 78 heavy (non-hydrogen) atoms. The van der Waals surface area contributed by atoms with Gasteiger partial charge in [-0.15, -0.1) is 11.3 Å². The third-order valence-corrected chi connectivity index (χ3v) is 15.5. The van der Waals surface area contributed by atoms with Crippen molar-refractivity contribution in [1.82, 2.24) is 0 Å². The van der Waals surface area contributed by atoms with E-state index in [1.165, 1.54) is 54.6 Å². The molecular weight excluding hydrogens is 963 g/mol. The minimum atomic E-state index is 1.09. The molecule has 0 fully saturated rings. The molecule has 0 N–H and O–H groups in total. The lowest BCUT2D eigenvalue weighted by atomic mass is 9.99. The van der Waals surface area contributed by atoms with Gasteiger partial charge < -0.3 is 14.7 Å². The van der Waals surface area contributed by atoms with E-state index in [1.807, 2.05) is 0 Å². The zero-order valence-electron chi connectivity index (χ0n) is 42.8. The van der Waals surface area contributed by atoms with E-state index in [9.17, 15) is 0 Å². The topological polar surface area (TPSA) is 9.72 Å². The number of benzene rings is 12. The number of hydrogen-bond acceptors (Lipinski definition) is 4. The number of thiophene rings is 1. The van der Waals surface area contributed by atoms with Gasteiger partial charge in [-0.3, -0.25) is 0 Å². The summed E-state index contributed by atoms with van der Waals surface area (Å²) in [7, 11) is 0. The molecule has 0 radical (unpaired) electrons. The maximum atomic E-state index is 2.36. The van der Waals surface area contributed by atoms with E-state index in [1.54, 1.807) is 11.3 Å². The fourth-order valence-electron chi connectivity index (χ4n) is 10.6. The first-order valence-corrected chi connectivity index (χ1v) is 27.3. The molecule has 0 unspecified atom stereocenters. The minimum absolute atomic E-state index is 1.09. The van der Waals surface area contributed by atoms with Crippen molar-refractivity contribution in [1.29, 1.82) is 0 Å². The Morgan fingerprint density at radius 2 is 0.385 bits per heavy atom. The van der Waals surface area contributed by atoms with Gasteiger partial charge >= 0.3 is 0 Å². The Labute approximate surface area is 461 Å². The van der Waals surface area contributed by atoms with Crippen LogP contribution in [0.2, 0.25) is 0 Å². The van der Waals surface area contributed by atoms with E-state index in [0.717, 1.165) is 62.3 Å². The summed E-state index contributed by atoms with van der Waals surface area (Å²) in [4.78, 5) is 6.94. The van der Waals surface area contributed by atoms with Gasteiger partial charge in [0.25, 0.3) is 0 Å². The molecule has 0 saturated carbocycles. The molecule has 0 aliphatic carbocycles. The van der Waals surface area contributed by atoms with Crippen molar-refractivity contribution in [3.05, 3.63) is 321 Å². The lowest BCUT2D eigenvalue weighted by Crippen LogP contribution is -2.09. The van der Waals surface area contributed by atoms with Crippen LogP contribution in [0.4, 0.5) is 51.2 Å². The fourth-order valence-corrected chi connectivity index (χ4v) is 11.5. The summed E-state index contributed by atoms with van der Waals surface area (Å²) in [5.74, 6) is 0. The Morgan fingerprint density at radius 1 is 0.179 bits per heavy atom. The summed E-state index contributed by atoms with van der Waals surface area (Å²) in [6.45, 7) is 0. The first-order chi connectivity index (χ1) is 38.7. The average Bonchev–Trinajstić information content (AvgIpc) is 4.00. The Balaban J connectivity index is 0.755. The smallest absolute Gasteiger partial charge is 0.0462 e. The highest BCUT2D eigenvalue weighted by Gasteiger charge is 2.17. The molecule has 0 amide bonds. The maximum Gasteiger partial charge on any atom is 0.0462 e. The van der Waals surface area contributed by atoms with Crippen LogP contribution in [-0.2, 0) is 0 Å². The molecule has 370 valence electrons. The highest BCUT2D eigenvalue weighted by atomic mass is 32.1. The van der Waals surface area contributed by atoms with Gasteiger partial charge in [-0.2, -0.15) is 0 Å². The SMILES string of the molecule is c1ccc(N(c2ccccc2)c2ccc(-c3ccc(-c4ccc(N(c5ccc(-c6ccc(-c7ccc(N(c8ccccc8)c8ccccc8)cc7)cc6)cc5)c5ccc(-c6csc7ccccc67)cc5)cc4)cc3)cc2)cc1. The molecule has 0 spiro atoms. The number of para-hydroxylation sites is 4.